The van der Waals surface area contributed by atoms with E-state index in [1.54, 1.807) is 11.3 Å². The van der Waals surface area contributed by atoms with Gasteiger partial charge >= 0.3 is 0 Å². The molecule has 0 saturated heterocycles. The molecular weight excluding hydrogens is 264 g/mol. The number of rotatable bonds is 6. The fourth-order valence-corrected chi connectivity index (χ4v) is 3.18. The molecule has 1 heterocycles. The molecule has 0 aromatic carbocycles. The molecule has 1 aliphatic carbocycles. The highest BCUT2D eigenvalue weighted by molar-refractivity contribution is 7.80. The van der Waals surface area contributed by atoms with Crippen molar-refractivity contribution in [1.82, 2.24) is 5.32 Å². The van der Waals surface area contributed by atoms with Crippen LogP contribution < -0.4 is 11.1 Å². The van der Waals surface area contributed by atoms with Crippen molar-refractivity contribution in [3.05, 3.63) is 22.4 Å². The first-order valence-electron chi connectivity index (χ1n) is 6.24. The summed E-state index contributed by atoms with van der Waals surface area (Å²) >= 11 is 6.68. The minimum absolute atomic E-state index is 0.00171. The van der Waals surface area contributed by atoms with E-state index in [1.807, 2.05) is 11.4 Å². The summed E-state index contributed by atoms with van der Waals surface area (Å²) in [7, 11) is 0. The molecular formula is C13H18N2OS2. The molecule has 1 atom stereocenters. The highest BCUT2D eigenvalue weighted by atomic mass is 32.1. The average molecular weight is 282 g/mol. The molecule has 1 fully saturated rings. The van der Waals surface area contributed by atoms with Gasteiger partial charge in [-0.1, -0.05) is 31.6 Å². The Bertz CT molecular complexity index is 438. The molecule has 1 aromatic heterocycles. The van der Waals surface area contributed by atoms with E-state index >= 15 is 0 Å². The second kappa shape index (κ2) is 5.36. The topological polar surface area (TPSA) is 55.1 Å². The van der Waals surface area contributed by atoms with E-state index < -0.39 is 5.41 Å². The Morgan fingerprint density at radius 2 is 2.39 bits per heavy atom. The summed E-state index contributed by atoms with van der Waals surface area (Å²) in [4.78, 5) is 13.8. The van der Waals surface area contributed by atoms with Gasteiger partial charge in [-0.15, -0.1) is 11.3 Å². The maximum Gasteiger partial charge on any atom is 0.233 e. The summed E-state index contributed by atoms with van der Waals surface area (Å²) < 4.78 is 0. The zero-order chi connectivity index (χ0) is 13.2. The highest BCUT2D eigenvalue weighted by Crippen LogP contribution is 2.46. The van der Waals surface area contributed by atoms with Gasteiger partial charge in [0.05, 0.1) is 16.4 Å². The molecule has 98 valence electrons. The zero-order valence-electron chi connectivity index (χ0n) is 10.4. The lowest BCUT2D eigenvalue weighted by molar-refractivity contribution is -0.124. The van der Waals surface area contributed by atoms with Crippen molar-refractivity contribution < 1.29 is 4.79 Å². The second-order valence-electron chi connectivity index (χ2n) is 4.78. The van der Waals surface area contributed by atoms with Crippen molar-refractivity contribution in [3.8, 4) is 0 Å². The van der Waals surface area contributed by atoms with Crippen LogP contribution in [0.25, 0.3) is 0 Å². The van der Waals surface area contributed by atoms with Crippen LogP contribution in [-0.4, -0.2) is 10.9 Å². The summed E-state index contributed by atoms with van der Waals surface area (Å²) in [5.74, 6) is 0.00171. The predicted molar refractivity (Wildman–Crippen MR) is 78.6 cm³/mol. The fourth-order valence-electron chi connectivity index (χ4n) is 2.07. The van der Waals surface area contributed by atoms with Gasteiger partial charge in [-0.05, 0) is 30.7 Å². The first-order chi connectivity index (χ1) is 8.60. The summed E-state index contributed by atoms with van der Waals surface area (Å²) in [6.45, 7) is 2.12. The number of amides is 1. The molecule has 2 rings (SSSR count). The summed E-state index contributed by atoms with van der Waals surface area (Å²) in [5, 5.41) is 5.14. The number of thiophene rings is 1. The SMILES string of the molecule is CCCC(NC(=O)C1(C(N)=S)CC1)c1cccs1. The van der Waals surface area contributed by atoms with Crippen molar-refractivity contribution in [2.45, 2.75) is 38.6 Å². The number of nitrogens with two attached hydrogens (primary N) is 1. The van der Waals surface area contributed by atoms with E-state index in [2.05, 4.69) is 18.3 Å². The molecule has 3 N–H and O–H groups in total. The average Bonchev–Trinajstić information content (AvgIpc) is 2.98. The molecule has 1 saturated carbocycles. The molecule has 1 aromatic rings. The number of hydrogen-bond acceptors (Lipinski definition) is 3. The molecule has 1 amide bonds. The first-order valence-corrected chi connectivity index (χ1v) is 7.53. The molecule has 18 heavy (non-hydrogen) atoms. The van der Waals surface area contributed by atoms with Crippen molar-refractivity contribution in [2.24, 2.45) is 11.1 Å². The van der Waals surface area contributed by atoms with E-state index in [0.29, 0.717) is 4.99 Å². The number of carbonyl (C=O) groups excluding carboxylic acids is 1. The summed E-state index contributed by atoms with van der Waals surface area (Å²) in [6, 6.07) is 4.16. The predicted octanol–water partition coefficient (Wildman–Crippen LogP) is 2.77. The quantitative estimate of drug-likeness (QED) is 0.789. The van der Waals surface area contributed by atoms with E-state index in [9.17, 15) is 4.79 Å². The van der Waals surface area contributed by atoms with Gasteiger partial charge in [-0.3, -0.25) is 4.79 Å². The van der Waals surface area contributed by atoms with Crippen LogP contribution in [0.4, 0.5) is 0 Å². The summed E-state index contributed by atoms with van der Waals surface area (Å²) in [6.07, 6.45) is 3.55. The third-order valence-corrected chi connectivity index (χ3v) is 4.80. The van der Waals surface area contributed by atoms with Crippen LogP contribution in [-0.2, 0) is 4.79 Å². The molecule has 5 heteroatoms. The number of hydrogen-bond donors (Lipinski definition) is 2. The van der Waals surface area contributed by atoms with E-state index in [4.69, 9.17) is 18.0 Å². The maximum absolute atomic E-state index is 12.3. The standard InChI is InChI=1S/C13H18N2OS2/c1-2-4-9(10-5-3-8-18-10)15-12(16)13(6-7-13)11(14)17/h3,5,8-9H,2,4,6-7H2,1H3,(H2,14,17)(H,15,16). The van der Waals surface area contributed by atoms with Crippen LogP contribution in [0.5, 0.6) is 0 Å². The van der Waals surface area contributed by atoms with Gasteiger partial charge in [0.25, 0.3) is 0 Å². The van der Waals surface area contributed by atoms with Crippen LogP contribution in [0, 0.1) is 5.41 Å². The Kier molecular flexibility index (Phi) is 4.02. The van der Waals surface area contributed by atoms with Crippen molar-refractivity contribution >= 4 is 34.5 Å². The van der Waals surface area contributed by atoms with Gasteiger partial charge < -0.3 is 11.1 Å². The van der Waals surface area contributed by atoms with Gasteiger partial charge in [0.1, 0.15) is 0 Å². The lowest BCUT2D eigenvalue weighted by Gasteiger charge is -2.20. The van der Waals surface area contributed by atoms with Crippen LogP contribution in [0.3, 0.4) is 0 Å². The molecule has 1 aliphatic rings. The first kappa shape index (κ1) is 13.5. The van der Waals surface area contributed by atoms with Crippen LogP contribution in [0.1, 0.15) is 43.5 Å². The largest absolute Gasteiger partial charge is 0.392 e. The third-order valence-electron chi connectivity index (χ3n) is 3.43. The Hall–Kier alpha value is -0.940. The van der Waals surface area contributed by atoms with E-state index in [0.717, 1.165) is 25.7 Å². The lowest BCUT2D eigenvalue weighted by atomic mass is 10.0. The van der Waals surface area contributed by atoms with Gasteiger partial charge in [-0.2, -0.15) is 0 Å². The van der Waals surface area contributed by atoms with Gasteiger partial charge in [0, 0.05) is 4.88 Å². The Morgan fingerprint density at radius 1 is 1.67 bits per heavy atom. The van der Waals surface area contributed by atoms with Crippen molar-refractivity contribution in [2.75, 3.05) is 0 Å². The highest BCUT2D eigenvalue weighted by Gasteiger charge is 2.53. The molecule has 3 nitrogen and oxygen atoms in total. The Morgan fingerprint density at radius 3 is 2.83 bits per heavy atom. The lowest BCUT2D eigenvalue weighted by Crippen LogP contribution is -2.41. The Balaban J connectivity index is 2.06. The molecule has 0 aliphatic heterocycles. The molecule has 0 spiro atoms. The molecule has 1 unspecified atom stereocenters. The van der Waals surface area contributed by atoms with Gasteiger partial charge in [0.2, 0.25) is 5.91 Å². The van der Waals surface area contributed by atoms with E-state index in [-0.39, 0.29) is 11.9 Å². The summed E-state index contributed by atoms with van der Waals surface area (Å²) in [5.41, 5.74) is 5.12. The third kappa shape index (κ3) is 2.57. The minimum atomic E-state index is -0.557. The minimum Gasteiger partial charge on any atom is -0.392 e. The fraction of sp³-hybridized carbons (Fsp3) is 0.538. The number of nitrogens with one attached hydrogen (secondary N) is 1. The van der Waals surface area contributed by atoms with Crippen LogP contribution in [0.2, 0.25) is 0 Å². The maximum atomic E-state index is 12.3. The van der Waals surface area contributed by atoms with Gasteiger partial charge in [-0.25, -0.2) is 0 Å². The monoisotopic (exact) mass is 282 g/mol. The number of thiocarbonyl (C=S) groups is 1. The smallest absolute Gasteiger partial charge is 0.233 e. The molecule has 0 bridgehead atoms. The Labute approximate surface area is 117 Å². The second-order valence-corrected chi connectivity index (χ2v) is 6.20. The normalized spacial score (nSPS) is 18.1. The van der Waals surface area contributed by atoms with Crippen molar-refractivity contribution in [3.63, 3.8) is 0 Å². The number of carbonyl (C=O) groups is 1. The molecule has 0 radical (unpaired) electrons. The van der Waals surface area contributed by atoms with Gasteiger partial charge in [0.15, 0.2) is 0 Å². The zero-order valence-corrected chi connectivity index (χ0v) is 12.1. The van der Waals surface area contributed by atoms with E-state index in [1.165, 1.54) is 4.88 Å². The van der Waals surface area contributed by atoms with Crippen LogP contribution in [0.15, 0.2) is 17.5 Å². The van der Waals surface area contributed by atoms with Crippen LogP contribution >= 0.6 is 23.6 Å². The van der Waals surface area contributed by atoms with Crippen molar-refractivity contribution in [1.29, 1.82) is 0 Å².